The van der Waals surface area contributed by atoms with E-state index in [0.29, 0.717) is 17.7 Å². The number of piperidine rings is 1. The number of amidine groups is 1. The predicted molar refractivity (Wildman–Crippen MR) is 114 cm³/mol. The normalized spacial score (nSPS) is 17.6. The van der Waals surface area contributed by atoms with Gasteiger partial charge in [0, 0.05) is 46.6 Å². The van der Waals surface area contributed by atoms with Crippen molar-refractivity contribution in [3.05, 3.63) is 20.8 Å². The van der Waals surface area contributed by atoms with Gasteiger partial charge in [-0.1, -0.05) is 0 Å². The first-order valence-corrected chi connectivity index (χ1v) is 10.8. The standard InChI is InChI=1S/C20H31N7O2/c1-24-17-16(18(28)25(2)20(24)29)27(19(23-17)26-12-6-3-7-13-26)14-8-11-22-15-9-4-5-10-21-15/h3-14H2,1-2H3,(H,21,22)/p+1. The molecule has 0 bridgehead atoms. The number of nitrogens with one attached hydrogen (secondary N) is 2. The molecule has 0 aromatic carbocycles. The molecule has 29 heavy (non-hydrogen) atoms. The second kappa shape index (κ2) is 8.42. The molecule has 2 aliphatic heterocycles. The first kappa shape index (κ1) is 19.7. The fourth-order valence-corrected chi connectivity index (χ4v) is 4.36. The smallest absolute Gasteiger partial charge is 0.332 e. The summed E-state index contributed by atoms with van der Waals surface area (Å²) in [4.78, 5) is 35.8. The number of hydrogen-bond donors (Lipinski definition) is 2. The molecule has 9 heteroatoms. The summed E-state index contributed by atoms with van der Waals surface area (Å²) in [7, 11) is 3.23. The lowest BCUT2D eigenvalue weighted by Gasteiger charge is -2.28. The molecule has 4 rings (SSSR count). The van der Waals surface area contributed by atoms with Gasteiger partial charge in [0.25, 0.3) is 5.56 Å². The third-order valence-electron chi connectivity index (χ3n) is 6.06. The molecular weight excluding hydrogens is 370 g/mol. The first-order valence-electron chi connectivity index (χ1n) is 10.8. The Bertz CT molecular complexity index is 1020. The molecule has 4 heterocycles. The Morgan fingerprint density at radius 1 is 1.03 bits per heavy atom. The van der Waals surface area contributed by atoms with Crippen LogP contribution in [0.25, 0.3) is 11.2 Å². The molecule has 2 aliphatic rings. The van der Waals surface area contributed by atoms with Crippen LogP contribution in [0, 0.1) is 0 Å². The molecule has 158 valence electrons. The average molecular weight is 403 g/mol. The number of hydrogen-bond acceptors (Lipinski definition) is 5. The Hall–Kier alpha value is -2.58. The van der Waals surface area contributed by atoms with Crippen LogP contribution in [-0.2, 0) is 20.6 Å². The van der Waals surface area contributed by atoms with Crippen LogP contribution < -0.4 is 26.5 Å². The molecule has 0 aliphatic carbocycles. The maximum Gasteiger partial charge on any atom is 0.332 e. The molecule has 0 radical (unpaired) electrons. The van der Waals surface area contributed by atoms with Gasteiger partial charge in [-0.15, -0.1) is 0 Å². The van der Waals surface area contributed by atoms with Gasteiger partial charge >= 0.3 is 5.69 Å². The highest BCUT2D eigenvalue weighted by Crippen LogP contribution is 2.23. The molecule has 9 nitrogen and oxygen atoms in total. The van der Waals surface area contributed by atoms with E-state index in [1.165, 1.54) is 41.3 Å². The van der Waals surface area contributed by atoms with Crippen molar-refractivity contribution in [3.8, 4) is 0 Å². The minimum Gasteiger partial charge on any atom is -0.342 e. The third kappa shape index (κ3) is 3.82. The highest BCUT2D eigenvalue weighted by atomic mass is 16.2. The summed E-state index contributed by atoms with van der Waals surface area (Å²) in [5.41, 5.74) is 0.405. The summed E-state index contributed by atoms with van der Waals surface area (Å²) >= 11 is 0. The van der Waals surface area contributed by atoms with Gasteiger partial charge in [0.2, 0.25) is 11.8 Å². The quantitative estimate of drug-likeness (QED) is 0.631. The Morgan fingerprint density at radius 3 is 2.55 bits per heavy atom. The number of nitrogens with zero attached hydrogens (tertiary/aromatic N) is 5. The van der Waals surface area contributed by atoms with E-state index < -0.39 is 0 Å². The van der Waals surface area contributed by atoms with Gasteiger partial charge in [-0.2, -0.15) is 4.98 Å². The van der Waals surface area contributed by atoms with Gasteiger partial charge in [-0.25, -0.2) is 4.79 Å². The topological polar surface area (TPSA) is 91.1 Å². The third-order valence-corrected chi connectivity index (χ3v) is 6.06. The van der Waals surface area contributed by atoms with Crippen molar-refractivity contribution in [1.29, 1.82) is 0 Å². The summed E-state index contributed by atoms with van der Waals surface area (Å²) in [5, 5.41) is 3.50. The maximum absolute atomic E-state index is 12.9. The molecule has 2 N–H and O–H groups in total. The number of aryl methyl sites for hydroxylation is 2. The Labute approximate surface area is 170 Å². The zero-order valence-electron chi connectivity index (χ0n) is 17.5. The van der Waals surface area contributed by atoms with Gasteiger partial charge in [0.15, 0.2) is 11.2 Å². The summed E-state index contributed by atoms with van der Waals surface area (Å²) < 4.78 is 4.70. The average Bonchev–Trinajstić information content (AvgIpc) is 3.15. The summed E-state index contributed by atoms with van der Waals surface area (Å²) in [6.07, 6.45) is 7.90. The molecular formula is C20H32N7O2+. The predicted octanol–water partition coefficient (Wildman–Crippen LogP) is -0.933. The second-order valence-electron chi connectivity index (χ2n) is 8.13. The minimum absolute atomic E-state index is 0.268. The van der Waals surface area contributed by atoms with E-state index in [2.05, 4.69) is 15.2 Å². The lowest BCUT2D eigenvalue weighted by atomic mass is 10.1. The van der Waals surface area contributed by atoms with Crippen molar-refractivity contribution in [2.24, 2.45) is 14.1 Å². The minimum atomic E-state index is -0.334. The fourth-order valence-electron chi connectivity index (χ4n) is 4.36. The second-order valence-corrected chi connectivity index (χ2v) is 8.13. The van der Waals surface area contributed by atoms with Gasteiger partial charge < -0.3 is 9.47 Å². The number of anilines is 1. The molecule has 2 aromatic heterocycles. The molecule has 0 unspecified atom stereocenters. The van der Waals surface area contributed by atoms with Gasteiger partial charge in [-0.05, 0) is 32.1 Å². The van der Waals surface area contributed by atoms with E-state index in [1.807, 2.05) is 4.57 Å². The molecule has 1 saturated heterocycles. The number of fused-ring (bicyclic) bond motifs is 1. The van der Waals surface area contributed by atoms with Crippen LogP contribution >= 0.6 is 0 Å². The lowest BCUT2D eigenvalue weighted by molar-refractivity contribution is -0.466. The van der Waals surface area contributed by atoms with Crippen LogP contribution in [0.3, 0.4) is 0 Å². The van der Waals surface area contributed by atoms with Gasteiger partial charge in [-0.3, -0.25) is 24.2 Å². The van der Waals surface area contributed by atoms with Crippen molar-refractivity contribution in [2.45, 2.75) is 51.5 Å². The van der Waals surface area contributed by atoms with Crippen molar-refractivity contribution in [3.63, 3.8) is 0 Å². The lowest BCUT2D eigenvalue weighted by Crippen LogP contribution is -2.77. The van der Waals surface area contributed by atoms with Crippen LogP contribution in [-0.4, -0.2) is 50.7 Å². The van der Waals surface area contributed by atoms with Crippen LogP contribution in [0.15, 0.2) is 9.59 Å². The number of aromatic nitrogens is 4. The van der Waals surface area contributed by atoms with E-state index in [-0.39, 0.29) is 11.2 Å². The summed E-state index contributed by atoms with van der Waals surface area (Å²) in [6.45, 7) is 4.45. The van der Waals surface area contributed by atoms with Crippen LogP contribution in [0.1, 0.15) is 44.9 Å². The molecule has 0 atom stereocenters. The fraction of sp³-hybridized carbons (Fsp3) is 0.700. The zero-order chi connectivity index (χ0) is 20.4. The summed E-state index contributed by atoms with van der Waals surface area (Å²) in [6, 6.07) is 0. The monoisotopic (exact) mass is 402 g/mol. The van der Waals surface area contributed by atoms with E-state index in [9.17, 15) is 9.59 Å². The SMILES string of the molecule is Cn1c(=O)c2c(nc(N3CCCCC3)n2CCCNC2=[NH+]CCCC2)n(C)c1=O. The van der Waals surface area contributed by atoms with E-state index >= 15 is 0 Å². The van der Waals surface area contributed by atoms with Crippen LogP contribution in [0.5, 0.6) is 0 Å². The van der Waals surface area contributed by atoms with Crippen LogP contribution in [0.2, 0.25) is 0 Å². The molecule has 0 amide bonds. The zero-order valence-corrected chi connectivity index (χ0v) is 17.5. The van der Waals surface area contributed by atoms with Crippen molar-refractivity contribution in [1.82, 2.24) is 24.0 Å². The highest BCUT2D eigenvalue weighted by Gasteiger charge is 2.23. The van der Waals surface area contributed by atoms with Gasteiger partial charge in [0.05, 0.1) is 13.1 Å². The van der Waals surface area contributed by atoms with Crippen molar-refractivity contribution in [2.75, 3.05) is 31.1 Å². The number of imidazole rings is 1. The first-order chi connectivity index (χ1) is 14.1. The molecule has 1 fully saturated rings. The molecule has 2 aromatic rings. The van der Waals surface area contributed by atoms with Crippen molar-refractivity contribution >= 4 is 22.9 Å². The van der Waals surface area contributed by atoms with E-state index in [4.69, 9.17) is 4.98 Å². The molecule has 0 saturated carbocycles. The number of rotatable bonds is 5. The summed E-state index contributed by atoms with van der Waals surface area (Å²) in [5.74, 6) is 2.04. The Balaban J connectivity index is 1.64. The van der Waals surface area contributed by atoms with Crippen LogP contribution in [0.4, 0.5) is 5.95 Å². The van der Waals surface area contributed by atoms with E-state index in [1.54, 1.807) is 7.05 Å². The highest BCUT2D eigenvalue weighted by molar-refractivity contribution is 5.76. The maximum atomic E-state index is 12.9. The Kier molecular flexibility index (Phi) is 5.73. The Morgan fingerprint density at radius 2 is 1.83 bits per heavy atom. The molecule has 0 spiro atoms. The van der Waals surface area contributed by atoms with Crippen molar-refractivity contribution < 1.29 is 4.99 Å². The van der Waals surface area contributed by atoms with Gasteiger partial charge in [0.1, 0.15) is 0 Å². The largest absolute Gasteiger partial charge is 0.342 e. The van der Waals surface area contributed by atoms with E-state index in [0.717, 1.165) is 57.8 Å².